The van der Waals surface area contributed by atoms with Crippen molar-refractivity contribution in [1.29, 1.82) is 0 Å². The van der Waals surface area contributed by atoms with Crippen molar-refractivity contribution in [2.75, 3.05) is 6.61 Å². The third-order valence-electron chi connectivity index (χ3n) is 5.35. The van der Waals surface area contributed by atoms with E-state index in [0.717, 1.165) is 22.9 Å². The van der Waals surface area contributed by atoms with E-state index in [-0.39, 0.29) is 18.4 Å². The molecule has 2 aromatic carbocycles. The quantitative estimate of drug-likeness (QED) is 0.531. The highest BCUT2D eigenvalue weighted by Gasteiger charge is 2.33. The number of hydrogen-bond acceptors (Lipinski definition) is 4. The summed E-state index contributed by atoms with van der Waals surface area (Å²) in [5.74, 6) is -0.651. The molecule has 1 N–H and O–H groups in total. The fourth-order valence-electron chi connectivity index (χ4n) is 3.79. The minimum absolute atomic E-state index is 0.131. The van der Waals surface area contributed by atoms with Crippen LogP contribution in [-0.4, -0.2) is 22.7 Å². The second-order valence-electron chi connectivity index (χ2n) is 7.51. The van der Waals surface area contributed by atoms with Crippen LogP contribution in [0.15, 0.2) is 79.1 Å². The SMILES string of the molecule is O=C(O)CC/C=C\CC1COC(c2ccc3ccccc3c2)OC1c1cccnc1. The molecule has 0 saturated carbocycles. The van der Waals surface area contributed by atoms with E-state index in [2.05, 4.69) is 35.3 Å². The van der Waals surface area contributed by atoms with E-state index in [9.17, 15) is 4.79 Å². The summed E-state index contributed by atoms with van der Waals surface area (Å²) in [6.07, 6.45) is 8.39. The van der Waals surface area contributed by atoms with Crippen molar-refractivity contribution in [3.05, 3.63) is 90.3 Å². The zero-order valence-electron chi connectivity index (χ0n) is 16.7. The van der Waals surface area contributed by atoms with Crippen LogP contribution in [0.2, 0.25) is 0 Å². The molecule has 1 aromatic heterocycles. The van der Waals surface area contributed by atoms with E-state index < -0.39 is 12.3 Å². The zero-order chi connectivity index (χ0) is 20.8. The lowest BCUT2D eigenvalue weighted by Crippen LogP contribution is -2.30. The van der Waals surface area contributed by atoms with Gasteiger partial charge in [-0.3, -0.25) is 9.78 Å². The first-order valence-electron chi connectivity index (χ1n) is 10.2. The summed E-state index contributed by atoms with van der Waals surface area (Å²) in [6, 6.07) is 18.4. The number of allylic oxidation sites excluding steroid dienone is 2. The van der Waals surface area contributed by atoms with Gasteiger partial charge in [-0.25, -0.2) is 0 Å². The van der Waals surface area contributed by atoms with Gasteiger partial charge in [-0.05, 0) is 41.3 Å². The highest BCUT2D eigenvalue weighted by Crippen LogP contribution is 2.40. The van der Waals surface area contributed by atoms with Crippen LogP contribution in [0.5, 0.6) is 0 Å². The minimum atomic E-state index is -0.782. The molecule has 5 heteroatoms. The molecular formula is C25H25NO4. The molecule has 5 nitrogen and oxygen atoms in total. The predicted molar refractivity (Wildman–Crippen MR) is 115 cm³/mol. The maximum atomic E-state index is 10.7. The molecule has 3 unspecified atom stereocenters. The van der Waals surface area contributed by atoms with Gasteiger partial charge >= 0.3 is 5.97 Å². The second kappa shape index (κ2) is 9.65. The molecule has 4 rings (SSSR count). The van der Waals surface area contributed by atoms with Crippen molar-refractivity contribution in [1.82, 2.24) is 4.98 Å². The first kappa shape index (κ1) is 20.3. The Labute approximate surface area is 176 Å². The Hall–Kier alpha value is -3.02. The number of carboxylic acids is 1. The molecule has 0 spiro atoms. The van der Waals surface area contributed by atoms with Gasteiger partial charge in [-0.15, -0.1) is 0 Å². The number of pyridine rings is 1. The number of rotatable bonds is 7. The Balaban J connectivity index is 1.51. The van der Waals surface area contributed by atoms with Crippen LogP contribution in [0, 0.1) is 5.92 Å². The van der Waals surface area contributed by atoms with E-state index in [1.807, 2.05) is 42.6 Å². The van der Waals surface area contributed by atoms with Gasteiger partial charge < -0.3 is 14.6 Å². The topological polar surface area (TPSA) is 68.7 Å². The average molecular weight is 403 g/mol. The number of aliphatic carboxylic acids is 1. The molecule has 30 heavy (non-hydrogen) atoms. The Morgan fingerprint density at radius 2 is 1.93 bits per heavy atom. The van der Waals surface area contributed by atoms with Crippen molar-refractivity contribution >= 4 is 16.7 Å². The molecule has 0 radical (unpaired) electrons. The van der Waals surface area contributed by atoms with Crippen molar-refractivity contribution in [2.45, 2.75) is 31.7 Å². The Morgan fingerprint density at radius 1 is 1.07 bits per heavy atom. The van der Waals surface area contributed by atoms with Gasteiger partial charge in [0.1, 0.15) is 0 Å². The molecular weight excluding hydrogens is 378 g/mol. The van der Waals surface area contributed by atoms with Crippen LogP contribution >= 0.6 is 0 Å². The van der Waals surface area contributed by atoms with Gasteiger partial charge in [0.05, 0.1) is 12.7 Å². The van der Waals surface area contributed by atoms with Crippen LogP contribution in [0.4, 0.5) is 0 Å². The Kier molecular flexibility index (Phi) is 6.52. The Bertz CT molecular complexity index is 1020. The standard InChI is InChI=1S/C25H25NO4/c27-23(28)11-3-1-2-9-22-17-29-25(30-24(22)21-10-6-14-26-16-21)20-13-12-18-7-4-5-8-19(18)15-20/h1-2,4-8,10,12-16,22,24-25H,3,9,11,17H2,(H,27,28)/b2-1-. The number of fused-ring (bicyclic) bond motifs is 1. The number of carboxylic acid groups (broad SMARTS) is 1. The molecule has 1 aliphatic rings. The zero-order valence-corrected chi connectivity index (χ0v) is 16.7. The first-order valence-corrected chi connectivity index (χ1v) is 10.2. The molecule has 3 atom stereocenters. The number of carbonyl (C=O) groups is 1. The summed E-state index contributed by atoms with van der Waals surface area (Å²) < 4.78 is 12.5. The molecule has 0 aliphatic carbocycles. The lowest BCUT2D eigenvalue weighted by molar-refractivity contribution is -0.243. The van der Waals surface area contributed by atoms with Gasteiger partial charge in [0.25, 0.3) is 0 Å². The normalized spacial score (nSPS) is 21.8. The molecule has 1 saturated heterocycles. The lowest BCUT2D eigenvalue weighted by atomic mass is 9.92. The number of aromatic nitrogens is 1. The maximum absolute atomic E-state index is 10.7. The highest BCUT2D eigenvalue weighted by atomic mass is 16.7. The van der Waals surface area contributed by atoms with Crippen LogP contribution in [-0.2, 0) is 14.3 Å². The minimum Gasteiger partial charge on any atom is -0.481 e. The second-order valence-corrected chi connectivity index (χ2v) is 7.51. The predicted octanol–water partition coefficient (Wildman–Crippen LogP) is 5.45. The fourth-order valence-corrected chi connectivity index (χ4v) is 3.79. The number of ether oxygens (including phenoxy) is 2. The number of benzene rings is 2. The van der Waals surface area contributed by atoms with E-state index in [1.54, 1.807) is 6.20 Å². The molecule has 1 fully saturated rings. The lowest BCUT2D eigenvalue weighted by Gasteiger charge is -2.36. The van der Waals surface area contributed by atoms with Crippen LogP contribution in [0.1, 0.15) is 42.8 Å². The largest absolute Gasteiger partial charge is 0.481 e. The van der Waals surface area contributed by atoms with E-state index in [4.69, 9.17) is 14.6 Å². The Morgan fingerprint density at radius 3 is 2.73 bits per heavy atom. The van der Waals surface area contributed by atoms with Crippen molar-refractivity contribution in [2.24, 2.45) is 5.92 Å². The van der Waals surface area contributed by atoms with Gasteiger partial charge in [0, 0.05) is 30.3 Å². The highest BCUT2D eigenvalue weighted by molar-refractivity contribution is 5.83. The fraction of sp³-hybridized carbons (Fsp3) is 0.280. The monoisotopic (exact) mass is 403 g/mol. The van der Waals surface area contributed by atoms with E-state index >= 15 is 0 Å². The van der Waals surface area contributed by atoms with Gasteiger partial charge in [0.2, 0.25) is 0 Å². The first-order chi connectivity index (χ1) is 14.7. The maximum Gasteiger partial charge on any atom is 0.303 e. The third-order valence-corrected chi connectivity index (χ3v) is 5.35. The molecule has 1 aliphatic heterocycles. The van der Waals surface area contributed by atoms with Crippen LogP contribution < -0.4 is 0 Å². The average Bonchev–Trinajstić information content (AvgIpc) is 2.79. The van der Waals surface area contributed by atoms with E-state index in [1.165, 1.54) is 5.39 Å². The summed E-state index contributed by atoms with van der Waals surface area (Å²) in [4.78, 5) is 14.9. The van der Waals surface area contributed by atoms with E-state index in [0.29, 0.717) is 13.0 Å². The smallest absolute Gasteiger partial charge is 0.303 e. The van der Waals surface area contributed by atoms with Crippen LogP contribution in [0.25, 0.3) is 10.8 Å². The van der Waals surface area contributed by atoms with Crippen molar-refractivity contribution in [3.8, 4) is 0 Å². The van der Waals surface area contributed by atoms with Crippen LogP contribution in [0.3, 0.4) is 0 Å². The van der Waals surface area contributed by atoms with Crippen molar-refractivity contribution < 1.29 is 19.4 Å². The summed E-state index contributed by atoms with van der Waals surface area (Å²) in [6.45, 7) is 0.556. The number of hydrogen-bond donors (Lipinski definition) is 1. The summed E-state index contributed by atoms with van der Waals surface area (Å²) in [5, 5.41) is 11.1. The van der Waals surface area contributed by atoms with Gasteiger partial charge in [-0.2, -0.15) is 0 Å². The molecule has 2 heterocycles. The van der Waals surface area contributed by atoms with Crippen molar-refractivity contribution in [3.63, 3.8) is 0 Å². The third kappa shape index (κ3) is 4.93. The number of nitrogens with zero attached hydrogens (tertiary/aromatic N) is 1. The summed E-state index contributed by atoms with van der Waals surface area (Å²) >= 11 is 0. The summed E-state index contributed by atoms with van der Waals surface area (Å²) in [5.41, 5.74) is 2.02. The van der Waals surface area contributed by atoms with Gasteiger partial charge in [-0.1, -0.05) is 54.6 Å². The molecule has 0 bridgehead atoms. The van der Waals surface area contributed by atoms with Gasteiger partial charge in [0.15, 0.2) is 6.29 Å². The molecule has 0 amide bonds. The summed E-state index contributed by atoms with van der Waals surface area (Å²) in [7, 11) is 0. The molecule has 154 valence electrons. The molecule has 3 aromatic rings.